The minimum Gasteiger partial charge on any atom is -0.355 e. The maximum atomic E-state index is 13.5. The first-order chi connectivity index (χ1) is 9.95. The lowest BCUT2D eigenvalue weighted by Gasteiger charge is -2.16. The first-order valence-electron chi connectivity index (χ1n) is 7.26. The number of rotatable bonds is 6. The highest BCUT2D eigenvalue weighted by atomic mass is 19.1. The zero-order chi connectivity index (χ0) is 15.5. The van der Waals surface area contributed by atoms with Gasteiger partial charge in [0.15, 0.2) is 0 Å². The van der Waals surface area contributed by atoms with Gasteiger partial charge in [0.1, 0.15) is 11.2 Å². The highest BCUT2D eigenvalue weighted by molar-refractivity contribution is 6.07. The van der Waals surface area contributed by atoms with Crippen LogP contribution in [0.1, 0.15) is 32.3 Å². The Morgan fingerprint density at radius 3 is 2.38 bits per heavy atom. The summed E-state index contributed by atoms with van der Waals surface area (Å²) in [6.45, 7) is 4.65. The van der Waals surface area contributed by atoms with E-state index >= 15 is 0 Å². The molecule has 114 valence electrons. The van der Waals surface area contributed by atoms with Gasteiger partial charge in [-0.25, -0.2) is 4.39 Å². The zero-order valence-corrected chi connectivity index (χ0v) is 12.4. The predicted octanol–water partition coefficient (Wildman–Crippen LogP) is 1.99. The van der Waals surface area contributed by atoms with Crippen LogP contribution in [-0.2, 0) is 16.1 Å². The normalized spacial score (nSPS) is 15.6. The van der Waals surface area contributed by atoms with Crippen molar-refractivity contribution in [2.75, 3.05) is 6.54 Å². The molecule has 1 aliphatic carbocycles. The van der Waals surface area contributed by atoms with E-state index in [0.717, 1.165) is 0 Å². The fraction of sp³-hybridized carbons (Fsp3) is 0.500. The number of carbonyl (C=O) groups excluding carboxylic acids is 2. The Morgan fingerprint density at radius 2 is 1.81 bits per heavy atom. The van der Waals surface area contributed by atoms with Crippen LogP contribution in [0.15, 0.2) is 24.3 Å². The predicted molar refractivity (Wildman–Crippen MR) is 77.8 cm³/mol. The van der Waals surface area contributed by atoms with Crippen LogP contribution in [0.25, 0.3) is 0 Å². The van der Waals surface area contributed by atoms with Crippen LogP contribution in [0.2, 0.25) is 0 Å². The molecule has 0 radical (unpaired) electrons. The maximum absolute atomic E-state index is 13.5. The van der Waals surface area contributed by atoms with E-state index in [1.165, 1.54) is 6.07 Å². The molecule has 1 saturated carbocycles. The highest BCUT2D eigenvalue weighted by Gasteiger charge is 2.56. The van der Waals surface area contributed by atoms with E-state index in [4.69, 9.17) is 0 Å². The lowest BCUT2D eigenvalue weighted by atomic mass is 10.0. The van der Waals surface area contributed by atoms with Gasteiger partial charge >= 0.3 is 0 Å². The third-order valence-electron chi connectivity index (χ3n) is 3.69. The Balaban J connectivity index is 1.91. The first-order valence-corrected chi connectivity index (χ1v) is 7.26. The second-order valence-corrected chi connectivity index (χ2v) is 5.96. The number of benzene rings is 1. The van der Waals surface area contributed by atoms with Crippen LogP contribution in [0.5, 0.6) is 0 Å². The van der Waals surface area contributed by atoms with Gasteiger partial charge in [-0.15, -0.1) is 0 Å². The van der Waals surface area contributed by atoms with E-state index in [1.54, 1.807) is 18.2 Å². The molecule has 1 aromatic rings. The largest absolute Gasteiger partial charge is 0.355 e. The van der Waals surface area contributed by atoms with Crippen molar-refractivity contribution in [2.45, 2.75) is 33.2 Å². The van der Waals surface area contributed by atoms with Gasteiger partial charge in [0.25, 0.3) is 0 Å². The van der Waals surface area contributed by atoms with E-state index in [1.807, 2.05) is 13.8 Å². The Hall–Kier alpha value is -1.91. The second kappa shape index (κ2) is 6.24. The van der Waals surface area contributed by atoms with E-state index in [-0.39, 0.29) is 24.2 Å². The topological polar surface area (TPSA) is 58.2 Å². The molecule has 0 spiro atoms. The zero-order valence-electron chi connectivity index (χ0n) is 12.4. The lowest BCUT2D eigenvalue weighted by molar-refractivity contribution is -0.137. The van der Waals surface area contributed by atoms with E-state index < -0.39 is 5.41 Å². The van der Waals surface area contributed by atoms with Gasteiger partial charge in [-0.3, -0.25) is 9.59 Å². The van der Waals surface area contributed by atoms with E-state index in [2.05, 4.69) is 10.6 Å². The molecular weight excluding hydrogens is 271 g/mol. The Labute approximate surface area is 124 Å². The minimum atomic E-state index is -0.944. The van der Waals surface area contributed by atoms with Crippen LogP contribution in [0, 0.1) is 17.2 Å². The number of amides is 2. The summed E-state index contributed by atoms with van der Waals surface area (Å²) in [6, 6.07) is 6.28. The third-order valence-corrected chi connectivity index (χ3v) is 3.69. The number of hydrogen-bond donors (Lipinski definition) is 2. The number of nitrogens with one attached hydrogen (secondary N) is 2. The minimum absolute atomic E-state index is 0.102. The smallest absolute Gasteiger partial charge is 0.235 e. The molecule has 0 saturated heterocycles. The van der Waals surface area contributed by atoms with Crippen LogP contribution in [0.3, 0.4) is 0 Å². The Bertz CT molecular complexity index is 539. The highest BCUT2D eigenvalue weighted by Crippen LogP contribution is 2.46. The van der Waals surface area contributed by atoms with Crippen molar-refractivity contribution in [2.24, 2.45) is 11.3 Å². The molecule has 0 bridgehead atoms. The first kappa shape index (κ1) is 15.5. The van der Waals surface area contributed by atoms with Crippen molar-refractivity contribution in [3.8, 4) is 0 Å². The molecule has 0 atom stereocenters. The van der Waals surface area contributed by atoms with E-state index in [0.29, 0.717) is 30.9 Å². The van der Waals surface area contributed by atoms with Gasteiger partial charge in [0.05, 0.1) is 0 Å². The monoisotopic (exact) mass is 292 g/mol. The summed E-state index contributed by atoms with van der Waals surface area (Å²) in [7, 11) is 0. The van der Waals surface area contributed by atoms with E-state index in [9.17, 15) is 14.0 Å². The molecule has 2 rings (SSSR count). The molecule has 0 unspecified atom stereocenters. The molecule has 0 aliphatic heterocycles. The van der Waals surface area contributed by atoms with Crippen molar-refractivity contribution < 1.29 is 14.0 Å². The molecular formula is C16H21FN2O2. The molecule has 1 fully saturated rings. The molecule has 4 nitrogen and oxygen atoms in total. The molecule has 2 amide bonds. The van der Waals surface area contributed by atoms with Gasteiger partial charge in [-0.05, 0) is 24.8 Å². The molecule has 2 N–H and O–H groups in total. The molecule has 1 aliphatic rings. The van der Waals surface area contributed by atoms with Gasteiger partial charge in [0.2, 0.25) is 11.8 Å². The SMILES string of the molecule is CC(C)CNC(=O)C1(C(=O)NCc2ccccc2F)CC1. The molecule has 5 heteroatoms. The average molecular weight is 292 g/mol. The van der Waals surface area contributed by atoms with Gasteiger partial charge in [-0.2, -0.15) is 0 Å². The van der Waals surface area contributed by atoms with Gasteiger partial charge in [-0.1, -0.05) is 32.0 Å². The van der Waals surface area contributed by atoms with Crippen LogP contribution in [-0.4, -0.2) is 18.4 Å². The number of carbonyl (C=O) groups is 2. The summed E-state index contributed by atoms with van der Waals surface area (Å²) in [5.41, 5.74) is -0.524. The second-order valence-electron chi connectivity index (χ2n) is 5.96. The van der Waals surface area contributed by atoms with Crippen molar-refractivity contribution in [3.05, 3.63) is 35.6 Å². The standard InChI is InChI=1S/C16H21FN2O2/c1-11(2)9-18-14(20)16(7-8-16)15(21)19-10-12-5-3-4-6-13(12)17/h3-6,11H,7-10H2,1-2H3,(H,18,20)(H,19,21). The quantitative estimate of drug-likeness (QED) is 0.788. The molecule has 0 aromatic heterocycles. The summed E-state index contributed by atoms with van der Waals surface area (Å²) in [5.74, 6) is -0.549. The lowest BCUT2D eigenvalue weighted by Crippen LogP contribution is -2.43. The number of hydrogen-bond acceptors (Lipinski definition) is 2. The third kappa shape index (κ3) is 3.60. The van der Waals surface area contributed by atoms with Crippen molar-refractivity contribution in [1.29, 1.82) is 0 Å². The number of halogens is 1. The van der Waals surface area contributed by atoms with Crippen LogP contribution in [0.4, 0.5) is 4.39 Å². The summed E-state index contributed by atoms with van der Waals surface area (Å²) in [6.07, 6.45) is 1.11. The van der Waals surface area contributed by atoms with Crippen molar-refractivity contribution in [3.63, 3.8) is 0 Å². The Kier molecular flexibility index (Phi) is 4.60. The summed E-state index contributed by atoms with van der Waals surface area (Å²) in [4.78, 5) is 24.3. The average Bonchev–Trinajstić information content (AvgIpc) is 3.25. The molecule has 21 heavy (non-hydrogen) atoms. The maximum Gasteiger partial charge on any atom is 0.235 e. The van der Waals surface area contributed by atoms with Gasteiger partial charge < -0.3 is 10.6 Å². The Morgan fingerprint density at radius 1 is 1.19 bits per heavy atom. The van der Waals surface area contributed by atoms with Crippen molar-refractivity contribution in [1.82, 2.24) is 10.6 Å². The molecule has 0 heterocycles. The fourth-order valence-electron chi connectivity index (χ4n) is 2.13. The summed E-state index contributed by atoms with van der Waals surface area (Å²) >= 11 is 0. The van der Waals surface area contributed by atoms with Crippen LogP contribution < -0.4 is 10.6 Å². The van der Waals surface area contributed by atoms with Crippen molar-refractivity contribution >= 4 is 11.8 Å². The molecule has 1 aromatic carbocycles. The van der Waals surface area contributed by atoms with Crippen LogP contribution >= 0.6 is 0 Å². The summed E-state index contributed by atoms with van der Waals surface area (Å²) < 4.78 is 13.5. The summed E-state index contributed by atoms with van der Waals surface area (Å²) in [5, 5.41) is 5.47. The van der Waals surface area contributed by atoms with Gasteiger partial charge in [0, 0.05) is 18.7 Å². The fourth-order valence-corrected chi connectivity index (χ4v) is 2.13.